The summed E-state index contributed by atoms with van der Waals surface area (Å²) in [6, 6.07) is 0. The van der Waals surface area contributed by atoms with Gasteiger partial charge in [0.05, 0.1) is 6.26 Å². The van der Waals surface area contributed by atoms with Gasteiger partial charge in [-0.25, -0.2) is 0 Å². The van der Waals surface area contributed by atoms with Crippen LogP contribution in [0, 0.1) is 11.8 Å². The molecule has 0 aromatic heterocycles. The Balaban J connectivity index is 1.99. The minimum atomic E-state index is -1.26. The molecule has 3 atom stereocenters. The van der Waals surface area contributed by atoms with Crippen LogP contribution in [0.15, 0.2) is 12.3 Å². The van der Waals surface area contributed by atoms with Crippen molar-refractivity contribution >= 4 is 11.4 Å². The molecule has 4 heteroatoms. The summed E-state index contributed by atoms with van der Waals surface area (Å²) in [6.45, 7) is 3.99. The first-order chi connectivity index (χ1) is 8.00. The summed E-state index contributed by atoms with van der Waals surface area (Å²) in [5.41, 5.74) is 0. The van der Waals surface area contributed by atoms with E-state index in [0.29, 0.717) is 12.0 Å². The summed E-state index contributed by atoms with van der Waals surface area (Å²) < 4.78 is 17.0. The van der Waals surface area contributed by atoms with Crippen LogP contribution >= 0.6 is 0 Å². The van der Waals surface area contributed by atoms with E-state index in [1.807, 2.05) is 20.1 Å². The second kappa shape index (κ2) is 5.21. The number of ether oxygens (including phenoxy) is 1. The first kappa shape index (κ1) is 13.2. The van der Waals surface area contributed by atoms with Crippen molar-refractivity contribution in [3.63, 3.8) is 0 Å². The first-order valence-corrected chi connectivity index (χ1v) is 7.69. The van der Waals surface area contributed by atoms with Crippen LogP contribution in [0.3, 0.4) is 0 Å². The predicted molar refractivity (Wildman–Crippen MR) is 70.5 cm³/mol. The SMILES string of the molecule is CC(C)(CC(C1CC1)[C@@H]1CCC=CO1)[S+](N)[O-]. The largest absolute Gasteiger partial charge is 0.598 e. The summed E-state index contributed by atoms with van der Waals surface area (Å²) in [5.74, 6) is 1.27. The van der Waals surface area contributed by atoms with Gasteiger partial charge in [0.15, 0.2) is 0 Å². The third-order valence-corrected chi connectivity index (χ3v) is 5.20. The van der Waals surface area contributed by atoms with Gasteiger partial charge in [0.2, 0.25) is 0 Å². The average molecular weight is 257 g/mol. The molecule has 17 heavy (non-hydrogen) atoms. The van der Waals surface area contributed by atoms with Crippen LogP contribution in [0.2, 0.25) is 0 Å². The zero-order chi connectivity index (χ0) is 12.5. The maximum atomic E-state index is 11.6. The molecule has 1 fully saturated rings. The molecule has 0 bridgehead atoms. The molecule has 0 aromatic rings. The number of allylic oxidation sites excluding steroid dienone is 1. The fourth-order valence-corrected chi connectivity index (χ4v) is 3.00. The van der Waals surface area contributed by atoms with E-state index in [1.165, 1.54) is 12.8 Å². The van der Waals surface area contributed by atoms with Gasteiger partial charge in [-0.05, 0) is 51.5 Å². The lowest BCUT2D eigenvalue weighted by Crippen LogP contribution is -2.42. The molecule has 3 nitrogen and oxygen atoms in total. The molecule has 0 spiro atoms. The van der Waals surface area contributed by atoms with Crippen molar-refractivity contribution in [3.8, 4) is 0 Å². The number of hydrogen-bond donors (Lipinski definition) is 1. The minimum absolute atomic E-state index is 0.301. The molecule has 2 unspecified atom stereocenters. The van der Waals surface area contributed by atoms with Crippen molar-refractivity contribution in [1.82, 2.24) is 0 Å². The highest BCUT2D eigenvalue weighted by molar-refractivity contribution is 7.90. The van der Waals surface area contributed by atoms with Gasteiger partial charge in [-0.3, -0.25) is 0 Å². The Hall–Kier alpha value is -0.190. The van der Waals surface area contributed by atoms with E-state index in [2.05, 4.69) is 6.08 Å². The molecule has 1 aliphatic heterocycles. The summed E-state index contributed by atoms with van der Waals surface area (Å²) in [7, 11) is 0. The maximum absolute atomic E-state index is 11.6. The Morgan fingerprint density at radius 3 is 2.65 bits per heavy atom. The average Bonchev–Trinajstić information content (AvgIpc) is 3.11. The second-order valence-corrected chi connectivity index (χ2v) is 7.59. The molecule has 0 amide bonds. The predicted octanol–water partition coefficient (Wildman–Crippen LogP) is 2.50. The maximum Gasteiger partial charge on any atom is 0.139 e. The smallest absolute Gasteiger partial charge is 0.139 e. The van der Waals surface area contributed by atoms with Crippen LogP contribution in [0.1, 0.15) is 46.0 Å². The summed E-state index contributed by atoms with van der Waals surface area (Å²) >= 11 is -1.26. The van der Waals surface area contributed by atoms with E-state index in [-0.39, 0.29) is 4.75 Å². The highest BCUT2D eigenvalue weighted by atomic mass is 32.2. The lowest BCUT2D eigenvalue weighted by molar-refractivity contribution is 0.0503. The lowest BCUT2D eigenvalue weighted by atomic mass is 9.85. The molecule has 2 aliphatic rings. The van der Waals surface area contributed by atoms with E-state index in [9.17, 15) is 4.55 Å². The van der Waals surface area contributed by atoms with E-state index >= 15 is 0 Å². The Labute approximate surface area is 107 Å². The Morgan fingerprint density at radius 1 is 1.47 bits per heavy atom. The normalized spacial score (nSPS) is 28.6. The van der Waals surface area contributed by atoms with Gasteiger partial charge in [-0.2, -0.15) is 5.14 Å². The van der Waals surface area contributed by atoms with Gasteiger partial charge in [0.25, 0.3) is 0 Å². The highest BCUT2D eigenvalue weighted by Gasteiger charge is 2.44. The molecular formula is C13H23NO2S. The molecule has 98 valence electrons. The second-order valence-electron chi connectivity index (χ2n) is 5.89. The van der Waals surface area contributed by atoms with Crippen molar-refractivity contribution in [2.75, 3.05) is 0 Å². The zero-order valence-corrected chi connectivity index (χ0v) is 11.5. The number of nitrogens with two attached hydrogens (primary N) is 1. The Bertz CT molecular complexity index is 287. The fourth-order valence-electron chi connectivity index (χ4n) is 2.64. The van der Waals surface area contributed by atoms with Crippen molar-refractivity contribution in [3.05, 3.63) is 12.3 Å². The summed E-state index contributed by atoms with van der Waals surface area (Å²) in [4.78, 5) is 0. The molecule has 0 aromatic carbocycles. The third kappa shape index (κ3) is 3.39. The lowest BCUT2D eigenvalue weighted by Gasteiger charge is -2.34. The molecule has 2 N–H and O–H groups in total. The minimum Gasteiger partial charge on any atom is -0.598 e. The van der Waals surface area contributed by atoms with Crippen LogP contribution in [0.25, 0.3) is 0 Å². The molecule has 0 radical (unpaired) electrons. The van der Waals surface area contributed by atoms with Crippen molar-refractivity contribution < 1.29 is 9.29 Å². The van der Waals surface area contributed by atoms with E-state index in [4.69, 9.17) is 9.88 Å². The molecule has 2 rings (SSSR count). The molecule has 1 aliphatic carbocycles. The van der Waals surface area contributed by atoms with Gasteiger partial charge in [0, 0.05) is 23.7 Å². The Kier molecular flexibility index (Phi) is 4.06. The quantitative estimate of drug-likeness (QED) is 0.770. The monoisotopic (exact) mass is 257 g/mol. The number of hydrogen-bond acceptors (Lipinski definition) is 3. The van der Waals surface area contributed by atoms with Crippen LogP contribution in [0.4, 0.5) is 0 Å². The standard InChI is InChI=1S/C13H23NO2S/c1-13(2,17(14)15)9-11(10-6-7-10)12-5-3-4-8-16-12/h4,8,10-12H,3,5-7,9,14H2,1-2H3/t11?,12-,17?/m0/s1. The topological polar surface area (TPSA) is 58.3 Å². The molecule has 1 saturated carbocycles. The van der Waals surface area contributed by atoms with Gasteiger partial charge in [-0.1, -0.05) is 0 Å². The van der Waals surface area contributed by atoms with E-state index in [1.54, 1.807) is 0 Å². The zero-order valence-electron chi connectivity index (χ0n) is 10.7. The molecule has 1 heterocycles. The molecular weight excluding hydrogens is 234 g/mol. The van der Waals surface area contributed by atoms with E-state index in [0.717, 1.165) is 25.2 Å². The van der Waals surface area contributed by atoms with Crippen LogP contribution < -0.4 is 5.14 Å². The first-order valence-electron chi connectivity index (χ1n) is 6.47. The van der Waals surface area contributed by atoms with E-state index < -0.39 is 11.4 Å². The molecule has 0 saturated heterocycles. The van der Waals surface area contributed by atoms with Crippen molar-refractivity contribution in [1.29, 1.82) is 0 Å². The fraction of sp³-hybridized carbons (Fsp3) is 0.846. The van der Waals surface area contributed by atoms with Crippen LogP contribution in [-0.2, 0) is 16.1 Å². The third-order valence-electron chi connectivity index (χ3n) is 3.94. The summed E-state index contributed by atoms with van der Waals surface area (Å²) in [6.07, 6.45) is 9.88. The van der Waals surface area contributed by atoms with Gasteiger partial charge < -0.3 is 9.29 Å². The van der Waals surface area contributed by atoms with Gasteiger partial charge in [-0.15, -0.1) is 0 Å². The van der Waals surface area contributed by atoms with Gasteiger partial charge >= 0.3 is 0 Å². The van der Waals surface area contributed by atoms with Crippen LogP contribution in [-0.4, -0.2) is 15.4 Å². The van der Waals surface area contributed by atoms with Crippen LogP contribution in [0.5, 0.6) is 0 Å². The van der Waals surface area contributed by atoms with Gasteiger partial charge in [0.1, 0.15) is 10.9 Å². The Morgan fingerprint density at radius 2 is 2.18 bits per heavy atom. The van der Waals surface area contributed by atoms with Crippen molar-refractivity contribution in [2.45, 2.75) is 56.8 Å². The van der Waals surface area contributed by atoms with Crippen molar-refractivity contribution in [2.24, 2.45) is 17.0 Å². The summed E-state index contributed by atoms with van der Waals surface area (Å²) in [5, 5.41) is 5.59. The number of rotatable bonds is 5. The highest BCUT2D eigenvalue weighted by Crippen LogP contribution is 2.45.